The number of hydrogen-bond acceptors (Lipinski definition) is 7. The van der Waals surface area contributed by atoms with Crippen molar-refractivity contribution in [1.29, 1.82) is 0 Å². The number of aryl methyl sites for hydroxylation is 1. The summed E-state index contributed by atoms with van der Waals surface area (Å²) in [7, 11) is 0. The van der Waals surface area contributed by atoms with Crippen molar-refractivity contribution in [2.45, 2.75) is 25.2 Å². The van der Waals surface area contributed by atoms with E-state index in [1.165, 1.54) is 4.57 Å². The second-order valence-corrected chi connectivity index (χ2v) is 4.79. The van der Waals surface area contributed by atoms with E-state index in [4.69, 9.17) is 21.3 Å². The van der Waals surface area contributed by atoms with Crippen molar-refractivity contribution in [3.05, 3.63) is 22.2 Å². The van der Waals surface area contributed by atoms with Crippen LogP contribution in [0.15, 0.2) is 11.0 Å². The highest BCUT2D eigenvalue weighted by Gasteiger charge is 2.24. The summed E-state index contributed by atoms with van der Waals surface area (Å²) in [5.41, 5.74) is 11.6. The van der Waals surface area contributed by atoms with Crippen molar-refractivity contribution < 1.29 is 9.84 Å². The molecule has 1 aliphatic rings. The van der Waals surface area contributed by atoms with Gasteiger partial charge < -0.3 is 26.6 Å². The first-order chi connectivity index (χ1) is 9.65. The summed E-state index contributed by atoms with van der Waals surface area (Å²) >= 11 is 0. The third-order valence-electron chi connectivity index (χ3n) is 3.27. The second kappa shape index (κ2) is 6.80. The first-order valence-electron chi connectivity index (χ1n) is 6.70. The highest BCUT2D eigenvalue weighted by molar-refractivity contribution is 5.36. The fourth-order valence-corrected chi connectivity index (χ4v) is 2.17. The highest BCUT2D eigenvalue weighted by Crippen LogP contribution is 2.15. The van der Waals surface area contributed by atoms with Gasteiger partial charge in [-0.1, -0.05) is 0 Å². The molecule has 1 fully saturated rings. The van der Waals surface area contributed by atoms with Gasteiger partial charge in [0, 0.05) is 24.8 Å². The molecule has 0 saturated carbocycles. The van der Waals surface area contributed by atoms with Crippen LogP contribution in [0.25, 0.3) is 0 Å². The molecule has 0 spiro atoms. The number of hydrogen-bond donors (Lipinski definition) is 4. The van der Waals surface area contributed by atoms with Crippen molar-refractivity contribution in [2.75, 3.05) is 32.0 Å². The number of nitrogens with zero attached hydrogens (tertiary/aromatic N) is 2. The number of nitrogens with two attached hydrogens (primary N) is 2. The third kappa shape index (κ3) is 3.34. The topological polar surface area (TPSA) is 128 Å². The average molecular weight is 283 g/mol. The minimum atomic E-state index is -0.488. The van der Waals surface area contributed by atoms with Crippen LogP contribution in [0, 0.1) is 0 Å². The first-order valence-corrected chi connectivity index (χ1v) is 6.70. The van der Waals surface area contributed by atoms with Crippen molar-refractivity contribution >= 4 is 5.82 Å². The fourth-order valence-electron chi connectivity index (χ4n) is 2.17. The van der Waals surface area contributed by atoms with Gasteiger partial charge in [0.15, 0.2) is 6.23 Å². The van der Waals surface area contributed by atoms with Gasteiger partial charge in [0.1, 0.15) is 5.82 Å². The van der Waals surface area contributed by atoms with Gasteiger partial charge in [0.2, 0.25) is 0 Å². The van der Waals surface area contributed by atoms with Gasteiger partial charge in [-0.25, -0.2) is 4.79 Å². The Morgan fingerprint density at radius 1 is 1.55 bits per heavy atom. The fraction of sp³-hybridized carbons (Fsp3) is 0.667. The van der Waals surface area contributed by atoms with E-state index in [9.17, 15) is 4.79 Å². The van der Waals surface area contributed by atoms with Crippen LogP contribution < -0.4 is 22.5 Å². The predicted molar refractivity (Wildman–Crippen MR) is 74.2 cm³/mol. The number of rotatable bonds is 5. The Bertz CT molecular complexity index is 504. The van der Waals surface area contributed by atoms with Crippen molar-refractivity contribution in [3.63, 3.8) is 0 Å². The summed E-state index contributed by atoms with van der Waals surface area (Å²) in [4.78, 5) is 15.8. The lowest BCUT2D eigenvalue weighted by Crippen LogP contribution is -2.46. The van der Waals surface area contributed by atoms with Crippen LogP contribution in [0.2, 0.25) is 0 Å². The maximum atomic E-state index is 11.9. The SMILES string of the molecule is NCCCc1cn(C2CNCC(CO)O2)c(=O)nc1N. The number of nitrogens with one attached hydrogen (secondary N) is 1. The Kier molecular flexibility index (Phi) is 5.07. The number of morpholine rings is 1. The van der Waals surface area contributed by atoms with Gasteiger partial charge in [-0.05, 0) is 19.4 Å². The average Bonchev–Trinajstić information content (AvgIpc) is 2.46. The molecular weight excluding hydrogens is 262 g/mol. The standard InChI is InChI=1S/C12H21N5O3/c13-3-1-2-8-6-17(12(19)16-11(8)14)10-5-15-4-9(7-18)20-10/h6,9-10,15,18H,1-5,7,13H2,(H2,14,16,19). The van der Waals surface area contributed by atoms with Crippen LogP contribution >= 0.6 is 0 Å². The van der Waals surface area contributed by atoms with Crippen LogP contribution in [0.5, 0.6) is 0 Å². The zero-order valence-electron chi connectivity index (χ0n) is 11.3. The summed E-state index contributed by atoms with van der Waals surface area (Å²) in [5.74, 6) is 0.238. The zero-order chi connectivity index (χ0) is 14.5. The molecule has 8 heteroatoms. The van der Waals surface area contributed by atoms with E-state index in [2.05, 4.69) is 10.3 Å². The minimum Gasteiger partial charge on any atom is -0.394 e. The molecule has 112 valence electrons. The molecule has 1 saturated heterocycles. The van der Waals surface area contributed by atoms with Crippen LogP contribution in [0.1, 0.15) is 18.2 Å². The highest BCUT2D eigenvalue weighted by atomic mass is 16.5. The lowest BCUT2D eigenvalue weighted by molar-refractivity contribution is -0.0967. The molecule has 2 atom stereocenters. The van der Waals surface area contributed by atoms with Crippen molar-refractivity contribution in [3.8, 4) is 0 Å². The number of aliphatic hydroxyl groups is 1. The molecule has 0 aliphatic carbocycles. The van der Waals surface area contributed by atoms with E-state index in [0.717, 1.165) is 12.0 Å². The van der Waals surface area contributed by atoms with Gasteiger partial charge in [-0.3, -0.25) is 4.57 Å². The lowest BCUT2D eigenvalue weighted by Gasteiger charge is -2.30. The number of nitrogen functional groups attached to an aromatic ring is 1. The van der Waals surface area contributed by atoms with Gasteiger partial charge >= 0.3 is 5.69 Å². The molecule has 2 rings (SSSR count). The summed E-state index contributed by atoms with van der Waals surface area (Å²) < 4.78 is 7.06. The van der Waals surface area contributed by atoms with E-state index >= 15 is 0 Å². The van der Waals surface area contributed by atoms with E-state index in [1.807, 2.05) is 0 Å². The van der Waals surface area contributed by atoms with Crippen LogP contribution in [0.4, 0.5) is 5.82 Å². The molecule has 6 N–H and O–H groups in total. The maximum Gasteiger partial charge on any atom is 0.351 e. The molecule has 0 bridgehead atoms. The molecule has 0 amide bonds. The Morgan fingerprint density at radius 3 is 3.05 bits per heavy atom. The normalized spacial score (nSPS) is 22.9. The number of aliphatic hydroxyl groups excluding tert-OH is 1. The third-order valence-corrected chi connectivity index (χ3v) is 3.27. The molecule has 1 aromatic heterocycles. The smallest absolute Gasteiger partial charge is 0.351 e. The monoisotopic (exact) mass is 283 g/mol. The van der Waals surface area contributed by atoms with Gasteiger partial charge in [0.25, 0.3) is 0 Å². The van der Waals surface area contributed by atoms with E-state index in [-0.39, 0.29) is 18.5 Å². The van der Waals surface area contributed by atoms with Crippen LogP contribution in [-0.2, 0) is 11.2 Å². The molecule has 20 heavy (non-hydrogen) atoms. The van der Waals surface area contributed by atoms with Crippen molar-refractivity contribution in [1.82, 2.24) is 14.9 Å². The number of anilines is 1. The Balaban J connectivity index is 2.23. The molecular formula is C12H21N5O3. The van der Waals surface area contributed by atoms with Crippen LogP contribution in [0.3, 0.4) is 0 Å². The lowest BCUT2D eigenvalue weighted by atomic mass is 10.1. The largest absolute Gasteiger partial charge is 0.394 e. The summed E-state index contributed by atoms with van der Waals surface area (Å²) in [6.45, 7) is 1.50. The molecule has 2 heterocycles. The second-order valence-electron chi connectivity index (χ2n) is 4.79. The molecule has 1 aromatic rings. The van der Waals surface area contributed by atoms with E-state index in [1.54, 1.807) is 6.20 Å². The van der Waals surface area contributed by atoms with E-state index in [0.29, 0.717) is 26.1 Å². The van der Waals surface area contributed by atoms with Gasteiger partial charge in [-0.15, -0.1) is 0 Å². The molecule has 1 aliphatic heterocycles. The maximum absolute atomic E-state index is 11.9. The Labute approximate surface area is 116 Å². The summed E-state index contributed by atoms with van der Waals surface area (Å²) in [6, 6.07) is 0. The zero-order valence-corrected chi connectivity index (χ0v) is 11.3. The van der Waals surface area contributed by atoms with Crippen LogP contribution in [-0.4, -0.2) is 47.0 Å². The summed E-state index contributed by atoms with van der Waals surface area (Å²) in [5, 5.41) is 12.3. The number of ether oxygens (including phenoxy) is 1. The molecule has 0 aromatic carbocycles. The van der Waals surface area contributed by atoms with Crippen molar-refractivity contribution in [2.24, 2.45) is 5.73 Å². The molecule has 8 nitrogen and oxygen atoms in total. The van der Waals surface area contributed by atoms with E-state index < -0.39 is 11.9 Å². The minimum absolute atomic E-state index is 0.0965. The number of aromatic nitrogens is 2. The first kappa shape index (κ1) is 14.9. The quantitative estimate of drug-likeness (QED) is 0.501. The Hall–Kier alpha value is -1.48. The molecule has 2 unspecified atom stereocenters. The molecule has 0 radical (unpaired) electrons. The van der Waals surface area contributed by atoms with Gasteiger partial charge in [-0.2, -0.15) is 4.98 Å². The Morgan fingerprint density at radius 2 is 2.35 bits per heavy atom. The predicted octanol–water partition coefficient (Wildman–Crippen LogP) is -1.80. The summed E-state index contributed by atoms with van der Waals surface area (Å²) in [6.07, 6.45) is 2.29. The van der Waals surface area contributed by atoms with Gasteiger partial charge in [0.05, 0.1) is 12.7 Å².